The lowest BCUT2D eigenvalue weighted by Gasteiger charge is -2.44. The van der Waals surface area contributed by atoms with Gasteiger partial charge in [0, 0.05) is 36.6 Å². The lowest BCUT2D eigenvalue weighted by molar-refractivity contribution is 0.0787. The van der Waals surface area contributed by atoms with Gasteiger partial charge >= 0.3 is 0 Å². The molecule has 0 aromatic heterocycles. The molecule has 90 valence electrons. The van der Waals surface area contributed by atoms with Gasteiger partial charge in [-0.2, -0.15) is 0 Å². The summed E-state index contributed by atoms with van der Waals surface area (Å²) in [5, 5.41) is 7.40. The standard InChI is InChI=1S/C11H21N5/c1-9-8-13-6-7-16(9)11-5-3-2-4-10(11)14-15-12/h9-11,13H,2-8H2,1H3. The normalized spacial score (nSPS) is 36.7. The highest BCUT2D eigenvalue weighted by Gasteiger charge is 2.32. The molecule has 2 rings (SSSR count). The largest absolute Gasteiger partial charge is 0.314 e. The van der Waals surface area contributed by atoms with E-state index in [1.165, 1.54) is 19.3 Å². The molecule has 1 N–H and O–H groups in total. The van der Waals surface area contributed by atoms with Crippen molar-refractivity contribution in [2.45, 2.75) is 50.7 Å². The molecule has 1 aliphatic heterocycles. The number of piperazine rings is 1. The molecule has 0 bridgehead atoms. The first-order chi connectivity index (χ1) is 7.83. The summed E-state index contributed by atoms with van der Waals surface area (Å²) in [6.45, 7) is 5.46. The van der Waals surface area contributed by atoms with Crippen LogP contribution < -0.4 is 5.32 Å². The third-order valence-corrected chi connectivity index (χ3v) is 3.87. The Morgan fingerprint density at radius 1 is 1.38 bits per heavy atom. The second-order valence-electron chi connectivity index (χ2n) is 4.92. The van der Waals surface area contributed by atoms with Crippen molar-refractivity contribution in [1.29, 1.82) is 0 Å². The van der Waals surface area contributed by atoms with E-state index in [0.717, 1.165) is 26.1 Å². The molecule has 3 atom stereocenters. The van der Waals surface area contributed by atoms with E-state index in [2.05, 4.69) is 27.2 Å². The van der Waals surface area contributed by atoms with Gasteiger partial charge in [-0.1, -0.05) is 18.0 Å². The number of nitrogens with zero attached hydrogens (tertiary/aromatic N) is 4. The first-order valence-corrected chi connectivity index (χ1v) is 6.33. The van der Waals surface area contributed by atoms with E-state index in [-0.39, 0.29) is 6.04 Å². The Hall–Kier alpha value is -0.770. The molecule has 5 heteroatoms. The molecule has 3 unspecified atom stereocenters. The van der Waals surface area contributed by atoms with Crippen molar-refractivity contribution in [1.82, 2.24) is 10.2 Å². The van der Waals surface area contributed by atoms with Gasteiger partial charge in [0.1, 0.15) is 0 Å². The molecule has 0 amide bonds. The Bertz CT molecular complexity index is 274. The van der Waals surface area contributed by atoms with Gasteiger partial charge in [0.15, 0.2) is 0 Å². The molecule has 5 nitrogen and oxygen atoms in total. The molecule has 16 heavy (non-hydrogen) atoms. The summed E-state index contributed by atoms with van der Waals surface area (Å²) in [5.41, 5.74) is 8.63. The van der Waals surface area contributed by atoms with Gasteiger partial charge in [0.25, 0.3) is 0 Å². The number of hydrogen-bond acceptors (Lipinski definition) is 3. The minimum atomic E-state index is 0.194. The maximum atomic E-state index is 8.63. The molecule has 1 saturated heterocycles. The van der Waals surface area contributed by atoms with E-state index in [9.17, 15) is 0 Å². The smallest absolute Gasteiger partial charge is 0.0529 e. The van der Waals surface area contributed by atoms with Gasteiger partial charge in [-0.15, -0.1) is 0 Å². The molecule has 1 heterocycles. The Labute approximate surface area is 96.8 Å². The van der Waals surface area contributed by atoms with Gasteiger partial charge in [0.2, 0.25) is 0 Å². The topological polar surface area (TPSA) is 64.0 Å². The van der Waals surface area contributed by atoms with Crippen LogP contribution in [0.1, 0.15) is 32.6 Å². The Balaban J connectivity index is 2.06. The van der Waals surface area contributed by atoms with Gasteiger partial charge in [-0.05, 0) is 25.3 Å². The molecule has 2 fully saturated rings. The molecule has 1 aliphatic carbocycles. The first kappa shape index (κ1) is 11.7. The van der Waals surface area contributed by atoms with E-state index < -0.39 is 0 Å². The summed E-state index contributed by atoms with van der Waals surface area (Å²) in [7, 11) is 0. The van der Waals surface area contributed by atoms with Crippen LogP contribution in [0, 0.1) is 0 Å². The van der Waals surface area contributed by atoms with Gasteiger partial charge in [0.05, 0.1) is 6.04 Å². The van der Waals surface area contributed by atoms with Gasteiger partial charge < -0.3 is 5.32 Å². The first-order valence-electron chi connectivity index (χ1n) is 6.33. The molecule has 0 aromatic carbocycles. The zero-order valence-electron chi connectivity index (χ0n) is 9.97. The second-order valence-corrected chi connectivity index (χ2v) is 4.92. The minimum Gasteiger partial charge on any atom is -0.314 e. The average molecular weight is 223 g/mol. The third kappa shape index (κ3) is 2.48. The Kier molecular flexibility index (Phi) is 4.04. The molecule has 0 spiro atoms. The number of nitrogens with one attached hydrogen (secondary N) is 1. The zero-order chi connectivity index (χ0) is 11.4. The molecular weight excluding hydrogens is 202 g/mol. The fourth-order valence-corrected chi connectivity index (χ4v) is 3.03. The van der Waals surface area contributed by atoms with Crippen LogP contribution in [0.25, 0.3) is 10.4 Å². The Morgan fingerprint density at radius 3 is 2.94 bits per heavy atom. The fraction of sp³-hybridized carbons (Fsp3) is 1.00. The summed E-state index contributed by atoms with van der Waals surface area (Å²) < 4.78 is 0. The van der Waals surface area contributed by atoms with Crippen LogP contribution >= 0.6 is 0 Å². The molecule has 1 saturated carbocycles. The predicted molar refractivity (Wildman–Crippen MR) is 64.2 cm³/mol. The SMILES string of the molecule is CC1CNCCN1C1CCCCC1N=[N+]=[N-]. The number of hydrogen-bond donors (Lipinski definition) is 1. The van der Waals surface area contributed by atoms with E-state index >= 15 is 0 Å². The van der Waals surface area contributed by atoms with Crippen molar-refractivity contribution in [3.63, 3.8) is 0 Å². The maximum Gasteiger partial charge on any atom is 0.0529 e. The van der Waals surface area contributed by atoms with Crippen LogP contribution in [-0.2, 0) is 0 Å². The minimum absolute atomic E-state index is 0.194. The maximum absolute atomic E-state index is 8.63. The average Bonchev–Trinajstić information content (AvgIpc) is 2.31. The summed E-state index contributed by atoms with van der Waals surface area (Å²) in [6.07, 6.45) is 4.73. The lowest BCUT2D eigenvalue weighted by Crippen LogP contribution is -2.57. The van der Waals surface area contributed by atoms with Crippen molar-refractivity contribution < 1.29 is 0 Å². The Morgan fingerprint density at radius 2 is 2.19 bits per heavy atom. The van der Waals surface area contributed by atoms with Crippen molar-refractivity contribution in [2.24, 2.45) is 5.11 Å². The van der Waals surface area contributed by atoms with E-state index in [1.807, 2.05) is 0 Å². The van der Waals surface area contributed by atoms with Crippen LogP contribution in [0.4, 0.5) is 0 Å². The van der Waals surface area contributed by atoms with Crippen LogP contribution in [0.2, 0.25) is 0 Å². The monoisotopic (exact) mass is 223 g/mol. The highest BCUT2D eigenvalue weighted by molar-refractivity contribution is 4.92. The van der Waals surface area contributed by atoms with E-state index in [0.29, 0.717) is 12.1 Å². The van der Waals surface area contributed by atoms with Crippen molar-refractivity contribution in [3.05, 3.63) is 10.4 Å². The summed E-state index contributed by atoms with van der Waals surface area (Å²) >= 11 is 0. The summed E-state index contributed by atoms with van der Waals surface area (Å²) in [4.78, 5) is 5.55. The third-order valence-electron chi connectivity index (χ3n) is 3.87. The van der Waals surface area contributed by atoms with Gasteiger partial charge in [-0.3, -0.25) is 4.90 Å². The zero-order valence-corrected chi connectivity index (χ0v) is 9.97. The van der Waals surface area contributed by atoms with Crippen molar-refractivity contribution in [2.75, 3.05) is 19.6 Å². The second kappa shape index (κ2) is 5.53. The van der Waals surface area contributed by atoms with Crippen LogP contribution in [0.15, 0.2) is 5.11 Å². The summed E-state index contributed by atoms with van der Waals surface area (Å²) in [5.74, 6) is 0. The quantitative estimate of drug-likeness (QED) is 0.441. The molecule has 0 radical (unpaired) electrons. The van der Waals surface area contributed by atoms with Crippen molar-refractivity contribution in [3.8, 4) is 0 Å². The molecule has 2 aliphatic rings. The van der Waals surface area contributed by atoms with Crippen LogP contribution in [-0.4, -0.2) is 42.7 Å². The molecular formula is C11H21N5. The van der Waals surface area contributed by atoms with Crippen molar-refractivity contribution >= 4 is 0 Å². The lowest BCUT2D eigenvalue weighted by atomic mass is 9.88. The summed E-state index contributed by atoms with van der Waals surface area (Å²) in [6, 6.07) is 1.23. The predicted octanol–water partition coefficient (Wildman–Crippen LogP) is 1.90. The fourth-order valence-electron chi connectivity index (χ4n) is 3.03. The molecule has 0 aromatic rings. The van der Waals surface area contributed by atoms with Crippen LogP contribution in [0.5, 0.6) is 0 Å². The van der Waals surface area contributed by atoms with Gasteiger partial charge in [-0.25, -0.2) is 0 Å². The number of azide groups is 1. The van der Waals surface area contributed by atoms with E-state index in [4.69, 9.17) is 5.53 Å². The van der Waals surface area contributed by atoms with Crippen LogP contribution in [0.3, 0.4) is 0 Å². The highest BCUT2D eigenvalue weighted by atomic mass is 15.3. The number of rotatable bonds is 2. The van der Waals surface area contributed by atoms with E-state index in [1.54, 1.807) is 0 Å². The highest BCUT2D eigenvalue weighted by Crippen LogP contribution is 2.27.